The molecule has 9 heteroatoms. The first-order chi connectivity index (χ1) is 19.6. The summed E-state index contributed by atoms with van der Waals surface area (Å²) in [4.78, 5) is 22.3. The summed E-state index contributed by atoms with van der Waals surface area (Å²) in [6.45, 7) is 2.53. The van der Waals surface area contributed by atoms with Crippen LogP contribution >= 0.6 is 11.3 Å². The number of nitrogens with zero attached hydrogens (tertiary/aromatic N) is 2. The van der Waals surface area contributed by atoms with Gasteiger partial charge in [0.05, 0.1) is 36.6 Å². The monoisotopic (exact) mass is 551 g/mol. The summed E-state index contributed by atoms with van der Waals surface area (Å²) in [7, 11) is 3.18. The fraction of sp³-hybridized carbons (Fsp3) is 0.129. The van der Waals surface area contributed by atoms with Crippen LogP contribution in [0.15, 0.2) is 79.0 Å². The molecule has 0 spiro atoms. The van der Waals surface area contributed by atoms with Crippen molar-refractivity contribution in [1.82, 2.24) is 9.97 Å². The molecule has 0 aliphatic heterocycles. The fourth-order valence-corrected chi connectivity index (χ4v) is 5.46. The number of benzene rings is 4. The van der Waals surface area contributed by atoms with Gasteiger partial charge in [0.15, 0.2) is 16.6 Å². The summed E-state index contributed by atoms with van der Waals surface area (Å²) in [5.74, 6) is 2.99. The van der Waals surface area contributed by atoms with Gasteiger partial charge < -0.3 is 18.9 Å². The first kappa shape index (κ1) is 25.4. The van der Waals surface area contributed by atoms with E-state index >= 15 is 0 Å². The molecule has 0 aliphatic rings. The van der Waals surface area contributed by atoms with Crippen LogP contribution in [0.25, 0.3) is 31.9 Å². The predicted molar refractivity (Wildman–Crippen MR) is 158 cm³/mol. The molecule has 0 atom stereocenters. The van der Waals surface area contributed by atoms with Crippen LogP contribution in [0.1, 0.15) is 17.3 Å². The van der Waals surface area contributed by atoms with Crippen molar-refractivity contribution in [3.05, 3.63) is 84.6 Å². The van der Waals surface area contributed by atoms with Crippen molar-refractivity contribution in [2.75, 3.05) is 26.1 Å². The second kappa shape index (κ2) is 10.7. The molecule has 0 bridgehead atoms. The number of hydrogen-bond acceptors (Lipinski definition) is 8. The summed E-state index contributed by atoms with van der Waals surface area (Å²) < 4.78 is 23.7. The molecule has 0 radical (unpaired) electrons. The maximum atomic E-state index is 13.3. The second-order valence-corrected chi connectivity index (χ2v) is 9.89. The van der Waals surface area contributed by atoms with Crippen molar-refractivity contribution in [3.8, 4) is 28.7 Å². The molecule has 0 unspecified atom stereocenters. The van der Waals surface area contributed by atoms with Crippen LogP contribution in [0.5, 0.6) is 28.7 Å². The number of aromatic nitrogens is 2. The van der Waals surface area contributed by atoms with Crippen LogP contribution in [0.3, 0.4) is 0 Å². The van der Waals surface area contributed by atoms with Crippen LogP contribution in [0, 0.1) is 0 Å². The topological polar surface area (TPSA) is 91.8 Å². The number of anilines is 1. The molecule has 4 aromatic carbocycles. The molecule has 8 nitrogen and oxygen atoms in total. The smallest absolute Gasteiger partial charge is 0.258 e. The minimum absolute atomic E-state index is 0.232. The van der Waals surface area contributed by atoms with Gasteiger partial charge in [0.2, 0.25) is 0 Å². The molecule has 0 saturated heterocycles. The average Bonchev–Trinajstić information content (AvgIpc) is 3.37. The molecule has 1 N–H and O–H groups in total. The standard InChI is InChI=1S/C31H25N3O5S/c1-4-38-19-9-11-24-29(15-19)40-31(33-24)34-30(35)22-7-5-6-18-14-20(8-10-21(18)22)39-26-12-13-32-25-17-28(37-3)27(36-2)16-23(25)26/h5-17H,4H2,1-3H3,(H,33,34,35). The van der Waals surface area contributed by atoms with Crippen molar-refractivity contribution in [2.45, 2.75) is 6.92 Å². The Morgan fingerprint density at radius 1 is 0.850 bits per heavy atom. The predicted octanol–water partition coefficient (Wildman–Crippen LogP) is 7.46. The molecule has 200 valence electrons. The molecule has 6 aromatic rings. The first-order valence-electron chi connectivity index (χ1n) is 12.6. The Balaban J connectivity index is 1.27. The Kier molecular flexibility index (Phi) is 6.79. The largest absolute Gasteiger partial charge is 0.494 e. The molecule has 2 heterocycles. The maximum Gasteiger partial charge on any atom is 0.258 e. The number of hydrogen-bond donors (Lipinski definition) is 1. The number of carbonyl (C=O) groups excluding carboxylic acids is 1. The lowest BCUT2D eigenvalue weighted by atomic mass is 10.0. The van der Waals surface area contributed by atoms with E-state index in [-0.39, 0.29) is 5.91 Å². The van der Waals surface area contributed by atoms with Crippen molar-refractivity contribution >= 4 is 54.3 Å². The number of amides is 1. The summed E-state index contributed by atoms with van der Waals surface area (Å²) in [6, 6.07) is 22.4. The molecule has 0 saturated carbocycles. The number of ether oxygens (including phenoxy) is 4. The SMILES string of the molecule is CCOc1ccc2nc(NC(=O)c3cccc4cc(Oc5ccnc6cc(OC)c(OC)cc56)ccc34)sc2c1. The Labute approximate surface area is 234 Å². The summed E-state index contributed by atoms with van der Waals surface area (Å²) in [6.07, 6.45) is 1.69. The van der Waals surface area contributed by atoms with Crippen molar-refractivity contribution < 1.29 is 23.7 Å². The third kappa shape index (κ3) is 4.83. The molecule has 0 aliphatic carbocycles. The van der Waals surface area contributed by atoms with Crippen molar-refractivity contribution in [2.24, 2.45) is 0 Å². The zero-order chi connectivity index (χ0) is 27.6. The lowest BCUT2D eigenvalue weighted by Crippen LogP contribution is -2.12. The van der Waals surface area contributed by atoms with Crippen LogP contribution in [-0.2, 0) is 0 Å². The van der Waals surface area contributed by atoms with Crippen LogP contribution in [0.2, 0.25) is 0 Å². The maximum absolute atomic E-state index is 13.3. The van der Waals surface area contributed by atoms with E-state index in [1.54, 1.807) is 32.5 Å². The van der Waals surface area contributed by atoms with E-state index in [2.05, 4.69) is 15.3 Å². The highest BCUT2D eigenvalue weighted by Gasteiger charge is 2.15. The molecule has 1 amide bonds. The third-order valence-corrected chi connectivity index (χ3v) is 7.36. The highest BCUT2D eigenvalue weighted by molar-refractivity contribution is 7.22. The molecule has 2 aromatic heterocycles. The van der Waals surface area contributed by atoms with Gasteiger partial charge in [-0.1, -0.05) is 23.5 Å². The molecule has 40 heavy (non-hydrogen) atoms. The van der Waals surface area contributed by atoms with E-state index in [9.17, 15) is 4.79 Å². The number of fused-ring (bicyclic) bond motifs is 3. The van der Waals surface area contributed by atoms with E-state index < -0.39 is 0 Å². The van der Waals surface area contributed by atoms with E-state index in [1.165, 1.54) is 11.3 Å². The normalized spacial score (nSPS) is 11.1. The Morgan fingerprint density at radius 2 is 1.68 bits per heavy atom. The lowest BCUT2D eigenvalue weighted by Gasteiger charge is -2.13. The minimum atomic E-state index is -0.232. The van der Waals surface area contributed by atoms with Gasteiger partial charge in [-0.3, -0.25) is 15.1 Å². The average molecular weight is 552 g/mol. The van der Waals surface area contributed by atoms with Gasteiger partial charge in [0, 0.05) is 23.2 Å². The Hall–Kier alpha value is -4.89. The van der Waals surface area contributed by atoms with Gasteiger partial charge in [-0.25, -0.2) is 4.98 Å². The fourth-order valence-electron chi connectivity index (χ4n) is 4.57. The summed E-state index contributed by atoms with van der Waals surface area (Å²) >= 11 is 1.41. The zero-order valence-corrected chi connectivity index (χ0v) is 22.9. The van der Waals surface area contributed by atoms with Crippen molar-refractivity contribution in [1.29, 1.82) is 0 Å². The van der Waals surface area contributed by atoms with Gasteiger partial charge in [-0.2, -0.15) is 0 Å². The quantitative estimate of drug-likeness (QED) is 0.210. The van der Waals surface area contributed by atoms with E-state index in [1.807, 2.05) is 67.6 Å². The van der Waals surface area contributed by atoms with Crippen LogP contribution < -0.4 is 24.3 Å². The zero-order valence-electron chi connectivity index (χ0n) is 22.1. The number of thiazole rings is 1. The van der Waals surface area contributed by atoms with Crippen LogP contribution in [-0.4, -0.2) is 36.7 Å². The second-order valence-electron chi connectivity index (χ2n) is 8.86. The van der Waals surface area contributed by atoms with Crippen molar-refractivity contribution in [3.63, 3.8) is 0 Å². The highest BCUT2D eigenvalue weighted by Crippen LogP contribution is 2.37. The van der Waals surface area contributed by atoms with Gasteiger partial charge in [0.25, 0.3) is 5.91 Å². The van der Waals surface area contributed by atoms with Gasteiger partial charge in [-0.15, -0.1) is 0 Å². The summed E-state index contributed by atoms with van der Waals surface area (Å²) in [5.41, 5.74) is 2.08. The Bertz CT molecular complexity index is 1880. The molecular formula is C31H25N3O5S. The minimum Gasteiger partial charge on any atom is -0.494 e. The van der Waals surface area contributed by atoms with E-state index in [4.69, 9.17) is 18.9 Å². The first-order valence-corrected chi connectivity index (χ1v) is 13.4. The van der Waals surface area contributed by atoms with Gasteiger partial charge in [0.1, 0.15) is 17.2 Å². The van der Waals surface area contributed by atoms with Gasteiger partial charge in [-0.05, 0) is 72.3 Å². The molecule has 0 fully saturated rings. The highest BCUT2D eigenvalue weighted by atomic mass is 32.1. The number of rotatable bonds is 8. The molecule has 6 rings (SSSR count). The number of pyridine rings is 1. The lowest BCUT2D eigenvalue weighted by molar-refractivity contribution is 0.102. The summed E-state index contributed by atoms with van der Waals surface area (Å²) in [5, 5.41) is 5.95. The third-order valence-electron chi connectivity index (χ3n) is 6.42. The number of nitrogens with one attached hydrogen (secondary N) is 1. The van der Waals surface area contributed by atoms with E-state index in [0.717, 1.165) is 37.6 Å². The van der Waals surface area contributed by atoms with Gasteiger partial charge >= 0.3 is 0 Å². The Morgan fingerprint density at radius 3 is 2.50 bits per heavy atom. The van der Waals surface area contributed by atoms with Crippen LogP contribution in [0.4, 0.5) is 5.13 Å². The molecular weight excluding hydrogens is 526 g/mol. The number of carbonyl (C=O) groups is 1. The number of methoxy groups -OCH3 is 2. The van der Waals surface area contributed by atoms with E-state index in [0.29, 0.717) is 40.3 Å².